The molecular formula is C33H32F2N8O4. The van der Waals surface area contributed by atoms with Crippen molar-refractivity contribution < 1.29 is 27.9 Å². The molecule has 4 aromatic rings. The fourth-order valence-electron chi connectivity index (χ4n) is 5.37. The predicted molar refractivity (Wildman–Crippen MR) is 171 cm³/mol. The van der Waals surface area contributed by atoms with E-state index in [4.69, 9.17) is 4.74 Å². The molecule has 4 amide bonds. The summed E-state index contributed by atoms with van der Waals surface area (Å²) >= 11 is 0. The lowest BCUT2D eigenvalue weighted by atomic mass is 10.0. The summed E-state index contributed by atoms with van der Waals surface area (Å²) in [6.07, 6.45) is 5.38. The summed E-state index contributed by atoms with van der Waals surface area (Å²) in [6, 6.07) is 12.6. The van der Waals surface area contributed by atoms with Gasteiger partial charge in [0.1, 0.15) is 29.1 Å². The van der Waals surface area contributed by atoms with Crippen molar-refractivity contribution in [3.8, 4) is 11.5 Å². The first-order valence-electron chi connectivity index (χ1n) is 15.2. The second kappa shape index (κ2) is 13.4. The third-order valence-corrected chi connectivity index (χ3v) is 7.81. The van der Waals surface area contributed by atoms with E-state index in [0.29, 0.717) is 23.3 Å². The van der Waals surface area contributed by atoms with Crippen LogP contribution in [-0.2, 0) is 9.59 Å². The van der Waals surface area contributed by atoms with Crippen LogP contribution < -0.4 is 25.2 Å². The van der Waals surface area contributed by atoms with E-state index in [0.717, 1.165) is 49.0 Å². The average molecular weight is 643 g/mol. The van der Waals surface area contributed by atoms with E-state index < -0.39 is 35.4 Å². The van der Waals surface area contributed by atoms with Crippen molar-refractivity contribution >= 4 is 46.8 Å². The standard InChI is InChI=1S/C33H32F2N8O4/c1-20(2)42-19-25(31(45)43(33(42)46)23-8-5-21(34)6-9-23)30(44)38-22-7-10-27(26(35)17-22)47-24-11-13-36-29(18-24)39-28-12-14-37-32(40-28)41-15-3-4-16-41/h5-14,17-18,20,25H,3-4,15-16,19H2,1-2H3,(H,38,44)(H,36,37,39,40). The molecule has 242 valence electrons. The molecule has 0 bridgehead atoms. The van der Waals surface area contributed by atoms with Crippen LogP contribution in [0.2, 0.25) is 0 Å². The van der Waals surface area contributed by atoms with E-state index in [9.17, 15) is 18.8 Å². The number of hydrogen-bond acceptors (Lipinski definition) is 9. The summed E-state index contributed by atoms with van der Waals surface area (Å²) in [5.74, 6) is -2.27. The molecule has 12 nitrogen and oxygen atoms in total. The molecule has 2 N–H and O–H groups in total. The van der Waals surface area contributed by atoms with Gasteiger partial charge in [-0.1, -0.05) is 0 Å². The van der Waals surface area contributed by atoms with Crippen LogP contribution >= 0.6 is 0 Å². The van der Waals surface area contributed by atoms with Crippen molar-refractivity contribution in [2.75, 3.05) is 40.1 Å². The van der Waals surface area contributed by atoms with Crippen LogP contribution in [0.15, 0.2) is 73.1 Å². The number of rotatable bonds is 9. The summed E-state index contributed by atoms with van der Waals surface area (Å²) < 4.78 is 34.5. The van der Waals surface area contributed by atoms with Gasteiger partial charge in [-0.05, 0) is 75.2 Å². The van der Waals surface area contributed by atoms with Gasteiger partial charge in [0.25, 0.3) is 0 Å². The summed E-state index contributed by atoms with van der Waals surface area (Å²) in [5, 5.41) is 5.70. The zero-order valence-electron chi connectivity index (χ0n) is 25.7. The topological polar surface area (TPSA) is 133 Å². The highest BCUT2D eigenvalue weighted by molar-refractivity contribution is 6.23. The van der Waals surface area contributed by atoms with Crippen molar-refractivity contribution in [2.24, 2.45) is 5.92 Å². The maximum absolute atomic E-state index is 15.2. The first kappa shape index (κ1) is 31.3. The van der Waals surface area contributed by atoms with Crippen molar-refractivity contribution in [3.63, 3.8) is 0 Å². The normalized spacial score (nSPS) is 16.5. The lowest BCUT2D eigenvalue weighted by Gasteiger charge is -2.39. The maximum atomic E-state index is 15.2. The Hall–Kier alpha value is -5.66. The lowest BCUT2D eigenvalue weighted by Crippen LogP contribution is -2.61. The van der Waals surface area contributed by atoms with E-state index >= 15 is 4.39 Å². The van der Waals surface area contributed by atoms with Crippen LogP contribution in [0.1, 0.15) is 26.7 Å². The highest BCUT2D eigenvalue weighted by atomic mass is 19.1. The molecular weight excluding hydrogens is 610 g/mol. The van der Waals surface area contributed by atoms with Crippen LogP contribution in [0.4, 0.5) is 42.5 Å². The SMILES string of the molecule is CC(C)N1CC(C(=O)Nc2ccc(Oc3ccnc(Nc4ccnc(N5CCCC5)n4)c3)c(F)c2)C(=O)N(c2ccc(F)cc2)C1=O. The Morgan fingerprint density at radius 1 is 0.936 bits per heavy atom. The number of hydrogen-bond donors (Lipinski definition) is 2. The van der Waals surface area contributed by atoms with Gasteiger partial charge in [-0.3, -0.25) is 9.59 Å². The van der Waals surface area contributed by atoms with Crippen LogP contribution in [0, 0.1) is 17.6 Å². The average Bonchev–Trinajstić information content (AvgIpc) is 3.59. The van der Waals surface area contributed by atoms with Gasteiger partial charge in [0, 0.05) is 55.9 Å². The monoisotopic (exact) mass is 642 g/mol. The van der Waals surface area contributed by atoms with Gasteiger partial charge < -0.3 is 25.2 Å². The zero-order valence-corrected chi connectivity index (χ0v) is 25.7. The third-order valence-electron chi connectivity index (χ3n) is 7.81. The van der Waals surface area contributed by atoms with Crippen LogP contribution in [0.3, 0.4) is 0 Å². The number of urea groups is 1. The number of nitrogens with one attached hydrogen (secondary N) is 2. The van der Waals surface area contributed by atoms with E-state index in [2.05, 4.69) is 30.5 Å². The fraction of sp³-hybridized carbons (Fsp3) is 0.273. The molecule has 4 heterocycles. The molecule has 2 fully saturated rings. The Kier molecular flexibility index (Phi) is 8.91. The fourth-order valence-corrected chi connectivity index (χ4v) is 5.37. The molecule has 1 unspecified atom stereocenters. The molecule has 1 atom stereocenters. The van der Waals surface area contributed by atoms with E-state index in [1.165, 1.54) is 35.4 Å². The number of nitrogens with zero attached hydrogens (tertiary/aromatic N) is 6. The number of carbonyl (C=O) groups is 3. The molecule has 47 heavy (non-hydrogen) atoms. The molecule has 0 aliphatic carbocycles. The smallest absolute Gasteiger partial charge is 0.331 e. The van der Waals surface area contributed by atoms with Crippen LogP contribution in [0.25, 0.3) is 0 Å². The largest absolute Gasteiger partial charge is 0.454 e. The number of anilines is 5. The number of imide groups is 1. The Morgan fingerprint density at radius 3 is 2.40 bits per heavy atom. The van der Waals surface area contributed by atoms with E-state index in [1.807, 2.05) is 0 Å². The van der Waals surface area contributed by atoms with Gasteiger partial charge in [0.2, 0.25) is 17.8 Å². The molecule has 14 heteroatoms. The van der Waals surface area contributed by atoms with Crippen LogP contribution in [0.5, 0.6) is 11.5 Å². The molecule has 2 saturated heterocycles. The zero-order chi connectivity index (χ0) is 33.1. The van der Waals surface area contributed by atoms with Gasteiger partial charge in [-0.2, -0.15) is 4.98 Å². The Bertz CT molecular complexity index is 1800. The highest BCUT2D eigenvalue weighted by Crippen LogP contribution is 2.30. The molecule has 6 rings (SSSR count). The summed E-state index contributed by atoms with van der Waals surface area (Å²) in [4.78, 5) is 57.4. The van der Waals surface area contributed by atoms with E-state index in [-0.39, 0.29) is 29.7 Å². The number of carbonyl (C=O) groups excluding carboxylic acids is 3. The number of halogens is 2. The number of aromatic nitrogens is 3. The second-order valence-electron chi connectivity index (χ2n) is 11.4. The third kappa shape index (κ3) is 6.95. The Balaban J connectivity index is 1.13. The van der Waals surface area contributed by atoms with Crippen molar-refractivity contribution in [1.82, 2.24) is 19.9 Å². The highest BCUT2D eigenvalue weighted by Gasteiger charge is 2.44. The van der Waals surface area contributed by atoms with Gasteiger partial charge in [0.05, 0.1) is 5.69 Å². The van der Waals surface area contributed by atoms with Crippen molar-refractivity contribution in [3.05, 3.63) is 84.7 Å². The van der Waals surface area contributed by atoms with Crippen LogP contribution in [-0.4, -0.2) is 63.4 Å². The second-order valence-corrected chi connectivity index (χ2v) is 11.4. The predicted octanol–water partition coefficient (Wildman–Crippen LogP) is 5.72. The van der Waals surface area contributed by atoms with Crippen molar-refractivity contribution in [1.29, 1.82) is 0 Å². The van der Waals surface area contributed by atoms with Gasteiger partial charge >= 0.3 is 6.03 Å². The first-order chi connectivity index (χ1) is 22.7. The molecule has 0 radical (unpaired) electrons. The Morgan fingerprint density at radius 2 is 1.68 bits per heavy atom. The molecule has 2 aliphatic heterocycles. The van der Waals surface area contributed by atoms with Crippen molar-refractivity contribution in [2.45, 2.75) is 32.7 Å². The molecule has 0 saturated carbocycles. The Labute approximate surface area is 269 Å². The number of benzene rings is 2. The minimum absolute atomic E-state index is 0.0867. The molecule has 2 aliphatic rings. The van der Waals surface area contributed by atoms with Gasteiger partial charge in [0.15, 0.2) is 11.6 Å². The summed E-state index contributed by atoms with van der Waals surface area (Å²) in [7, 11) is 0. The van der Waals surface area contributed by atoms with E-state index in [1.54, 1.807) is 38.2 Å². The maximum Gasteiger partial charge on any atom is 0.331 e. The summed E-state index contributed by atoms with van der Waals surface area (Å²) in [5.41, 5.74) is 0.221. The summed E-state index contributed by atoms with van der Waals surface area (Å²) in [6.45, 7) is 5.15. The lowest BCUT2D eigenvalue weighted by molar-refractivity contribution is -0.132. The number of ether oxygens (including phenoxy) is 1. The number of pyridine rings is 1. The minimum atomic E-state index is -1.29. The molecule has 2 aromatic heterocycles. The number of amides is 4. The van der Waals surface area contributed by atoms with Gasteiger partial charge in [-0.25, -0.2) is 28.4 Å². The molecule has 0 spiro atoms. The quantitative estimate of drug-likeness (QED) is 0.220. The van der Waals surface area contributed by atoms with Gasteiger partial charge in [-0.15, -0.1) is 0 Å². The first-order valence-corrected chi connectivity index (χ1v) is 15.2. The molecule has 2 aromatic carbocycles. The minimum Gasteiger partial charge on any atom is -0.454 e.